The molecule has 0 saturated heterocycles. The molecule has 20 heavy (non-hydrogen) atoms. The molecule has 0 N–H and O–H groups in total. The molecule has 1 atom stereocenters. The first kappa shape index (κ1) is 15.0. The van der Waals surface area contributed by atoms with Crippen LogP contribution in [0.15, 0.2) is 38.7 Å². The summed E-state index contributed by atoms with van der Waals surface area (Å²) in [4.78, 5) is 30.5. The van der Waals surface area contributed by atoms with Gasteiger partial charge in [-0.2, -0.15) is 0 Å². The van der Waals surface area contributed by atoms with Gasteiger partial charge in [0, 0.05) is 17.0 Å². The summed E-state index contributed by atoms with van der Waals surface area (Å²) in [5, 5.41) is 11.0. The van der Waals surface area contributed by atoms with Gasteiger partial charge in [-0.3, -0.25) is 4.79 Å². The van der Waals surface area contributed by atoms with E-state index in [1.54, 1.807) is 31.2 Å². The number of nitrogens with zero attached hydrogens (tertiary/aromatic N) is 3. The summed E-state index contributed by atoms with van der Waals surface area (Å²) in [7, 11) is 0. The fourth-order valence-electron chi connectivity index (χ4n) is 1.87. The van der Waals surface area contributed by atoms with Gasteiger partial charge in [-0.15, -0.1) is 0 Å². The highest BCUT2D eigenvalue weighted by Gasteiger charge is 2.48. The van der Waals surface area contributed by atoms with Crippen LogP contribution < -0.4 is 0 Å². The van der Waals surface area contributed by atoms with Crippen LogP contribution in [0.5, 0.6) is 0 Å². The monoisotopic (exact) mass is 401 g/mol. The molecule has 0 fully saturated rings. The third kappa shape index (κ3) is 2.85. The Morgan fingerprint density at radius 2 is 2.10 bits per heavy atom. The van der Waals surface area contributed by atoms with Crippen LogP contribution in [0.3, 0.4) is 0 Å². The van der Waals surface area contributed by atoms with E-state index in [-0.39, 0.29) is 23.9 Å². The SMILES string of the molecule is CC1=NC(Br)(CC(=O)c2ccccc2Br)C([N+](=O)[O-])=N1. The number of rotatable bonds is 3. The molecule has 1 aromatic rings. The van der Waals surface area contributed by atoms with E-state index in [0.29, 0.717) is 10.0 Å². The maximum absolute atomic E-state index is 12.3. The van der Waals surface area contributed by atoms with E-state index < -0.39 is 9.37 Å². The van der Waals surface area contributed by atoms with Crippen LogP contribution in [0.1, 0.15) is 23.7 Å². The van der Waals surface area contributed by atoms with Gasteiger partial charge in [0.1, 0.15) is 0 Å². The summed E-state index contributed by atoms with van der Waals surface area (Å²) in [5.74, 6) is -0.355. The van der Waals surface area contributed by atoms with Crippen LogP contribution in [0.25, 0.3) is 0 Å². The number of nitro groups is 1. The third-order valence-corrected chi connectivity index (χ3v) is 4.20. The summed E-state index contributed by atoms with van der Waals surface area (Å²) in [6.45, 7) is 1.55. The predicted octanol–water partition coefficient (Wildman–Crippen LogP) is 3.22. The topological polar surface area (TPSA) is 84.9 Å². The summed E-state index contributed by atoms with van der Waals surface area (Å²) >= 11 is 6.46. The first-order chi connectivity index (χ1) is 9.33. The van der Waals surface area contributed by atoms with Crippen LogP contribution in [0.2, 0.25) is 0 Å². The molecule has 104 valence electrons. The van der Waals surface area contributed by atoms with E-state index in [2.05, 4.69) is 41.8 Å². The zero-order valence-electron chi connectivity index (χ0n) is 10.3. The standard InChI is InChI=1S/C12H9Br2N3O3/c1-7-15-11(17(19)20)12(14,16-7)6-10(18)8-4-2-3-5-9(8)13/h2-5H,6H2,1H3. The molecule has 0 radical (unpaired) electrons. The van der Waals surface area contributed by atoms with Crippen molar-refractivity contribution in [2.75, 3.05) is 0 Å². The van der Waals surface area contributed by atoms with E-state index in [1.165, 1.54) is 0 Å². The Morgan fingerprint density at radius 3 is 2.70 bits per heavy atom. The maximum Gasteiger partial charge on any atom is 0.380 e. The van der Waals surface area contributed by atoms with Gasteiger partial charge >= 0.3 is 5.84 Å². The van der Waals surface area contributed by atoms with Gasteiger partial charge in [0.25, 0.3) is 0 Å². The lowest BCUT2D eigenvalue weighted by Crippen LogP contribution is -2.35. The molecule has 0 spiro atoms. The van der Waals surface area contributed by atoms with Crippen molar-refractivity contribution in [3.63, 3.8) is 0 Å². The summed E-state index contributed by atoms with van der Waals surface area (Å²) in [6.07, 6.45) is -0.174. The smallest absolute Gasteiger partial charge is 0.358 e. The molecule has 1 aliphatic rings. The lowest BCUT2D eigenvalue weighted by atomic mass is 10.0. The van der Waals surface area contributed by atoms with Gasteiger partial charge < -0.3 is 10.1 Å². The number of hydrogen-bond donors (Lipinski definition) is 0. The number of ketones is 1. The number of benzene rings is 1. The van der Waals surface area contributed by atoms with Crippen LogP contribution in [-0.2, 0) is 0 Å². The van der Waals surface area contributed by atoms with Crippen molar-refractivity contribution in [1.82, 2.24) is 0 Å². The normalized spacial score (nSPS) is 21.4. The molecule has 1 heterocycles. The van der Waals surface area contributed by atoms with Crippen molar-refractivity contribution in [2.24, 2.45) is 9.98 Å². The number of amidine groups is 2. The van der Waals surface area contributed by atoms with Crippen molar-refractivity contribution in [1.29, 1.82) is 0 Å². The summed E-state index contributed by atoms with van der Waals surface area (Å²) < 4.78 is -0.758. The Labute approximate surface area is 131 Å². The number of hydrogen-bond acceptors (Lipinski definition) is 5. The molecule has 0 bridgehead atoms. The Balaban J connectivity index is 2.30. The Kier molecular flexibility index (Phi) is 4.14. The highest BCUT2D eigenvalue weighted by Crippen LogP contribution is 2.33. The average molecular weight is 403 g/mol. The molecule has 8 heteroatoms. The van der Waals surface area contributed by atoms with Crippen LogP contribution >= 0.6 is 31.9 Å². The fourth-order valence-corrected chi connectivity index (χ4v) is 3.12. The molecular formula is C12H9Br2N3O3. The van der Waals surface area contributed by atoms with Crippen LogP contribution in [-0.4, -0.2) is 26.8 Å². The second kappa shape index (κ2) is 5.53. The third-order valence-electron chi connectivity index (χ3n) is 2.69. The van der Waals surface area contributed by atoms with Crippen molar-refractivity contribution < 1.29 is 9.72 Å². The van der Waals surface area contributed by atoms with Crippen molar-refractivity contribution in [3.05, 3.63) is 44.4 Å². The molecule has 1 aliphatic heterocycles. The Hall–Kier alpha value is -1.41. The van der Waals surface area contributed by atoms with Gasteiger partial charge in [-0.05, 0) is 31.9 Å². The minimum atomic E-state index is -1.40. The van der Waals surface area contributed by atoms with Gasteiger partial charge in [-0.1, -0.05) is 34.1 Å². The minimum Gasteiger partial charge on any atom is -0.358 e. The lowest BCUT2D eigenvalue weighted by Gasteiger charge is -2.15. The largest absolute Gasteiger partial charge is 0.380 e. The number of Topliss-reactive ketones (excluding diaryl/α,β-unsaturated/α-hetero) is 1. The van der Waals surface area contributed by atoms with E-state index in [0.717, 1.165) is 0 Å². The Bertz CT molecular complexity index is 657. The number of halogens is 2. The number of carbonyl (C=O) groups is 1. The summed E-state index contributed by atoms with van der Waals surface area (Å²) in [6, 6.07) is 6.90. The van der Waals surface area contributed by atoms with Crippen molar-refractivity contribution in [3.8, 4) is 0 Å². The molecular weight excluding hydrogens is 394 g/mol. The highest BCUT2D eigenvalue weighted by atomic mass is 79.9. The second-order valence-electron chi connectivity index (χ2n) is 4.19. The maximum atomic E-state index is 12.3. The highest BCUT2D eigenvalue weighted by molar-refractivity contribution is 9.10. The molecule has 0 aromatic heterocycles. The summed E-state index contributed by atoms with van der Waals surface area (Å²) in [5.41, 5.74) is 0.453. The molecule has 6 nitrogen and oxygen atoms in total. The van der Waals surface area contributed by atoms with Crippen LogP contribution in [0.4, 0.5) is 0 Å². The molecule has 2 rings (SSSR count). The zero-order chi connectivity index (χ0) is 14.9. The number of alkyl halides is 1. The van der Waals surface area contributed by atoms with E-state index in [1.807, 2.05) is 0 Å². The van der Waals surface area contributed by atoms with Crippen molar-refractivity contribution >= 4 is 49.3 Å². The second-order valence-corrected chi connectivity index (χ2v) is 6.36. The average Bonchev–Trinajstić information content (AvgIpc) is 2.64. The molecule has 0 amide bonds. The number of carbonyl (C=O) groups excluding carboxylic acids is 1. The fraction of sp³-hybridized carbons (Fsp3) is 0.250. The van der Waals surface area contributed by atoms with E-state index >= 15 is 0 Å². The van der Waals surface area contributed by atoms with Crippen LogP contribution in [0, 0.1) is 10.1 Å². The Morgan fingerprint density at radius 1 is 1.45 bits per heavy atom. The first-order valence-corrected chi connectivity index (χ1v) is 7.19. The van der Waals surface area contributed by atoms with Gasteiger partial charge in [-0.25, -0.2) is 4.99 Å². The zero-order valence-corrected chi connectivity index (χ0v) is 13.5. The quantitative estimate of drug-likeness (QED) is 0.256. The minimum absolute atomic E-state index is 0.174. The first-order valence-electron chi connectivity index (χ1n) is 5.60. The van der Waals surface area contributed by atoms with Gasteiger partial charge in [0.05, 0.1) is 6.42 Å². The lowest BCUT2D eigenvalue weighted by molar-refractivity contribution is -0.354. The van der Waals surface area contributed by atoms with E-state index in [9.17, 15) is 14.9 Å². The van der Waals surface area contributed by atoms with Gasteiger partial charge in [0.15, 0.2) is 5.78 Å². The molecule has 1 unspecified atom stereocenters. The molecule has 0 aliphatic carbocycles. The predicted molar refractivity (Wildman–Crippen MR) is 82.3 cm³/mol. The van der Waals surface area contributed by atoms with E-state index in [4.69, 9.17) is 0 Å². The molecule has 0 saturated carbocycles. The molecule has 1 aromatic carbocycles. The number of aliphatic imine (C=N–C) groups is 2. The van der Waals surface area contributed by atoms with Gasteiger partial charge in [0.2, 0.25) is 10.3 Å². The van der Waals surface area contributed by atoms with Crippen molar-refractivity contribution in [2.45, 2.75) is 17.8 Å².